The normalized spacial score (nSPS) is 13.9. The first-order chi connectivity index (χ1) is 20.8. The van der Waals surface area contributed by atoms with Gasteiger partial charge in [0.1, 0.15) is 0 Å². The average Bonchev–Trinajstić information content (AvgIpc) is 2.89. The third-order valence-corrected chi connectivity index (χ3v) is 9.02. The van der Waals surface area contributed by atoms with E-state index in [4.69, 9.17) is 9.98 Å². The van der Waals surface area contributed by atoms with Crippen LogP contribution in [0.5, 0.6) is 0 Å². The highest BCUT2D eigenvalue weighted by Gasteiger charge is 2.24. The monoisotopic (exact) mass is 618 g/mol. The Balaban J connectivity index is 2.37. The van der Waals surface area contributed by atoms with Crippen LogP contribution in [0.2, 0.25) is 0 Å². The first kappa shape index (κ1) is 37.2. The van der Waals surface area contributed by atoms with Crippen LogP contribution in [0, 0.1) is 13.8 Å². The second-order valence-corrected chi connectivity index (χ2v) is 17.9. The molecule has 0 saturated carbocycles. The predicted molar refractivity (Wildman–Crippen MR) is 205 cm³/mol. The number of aliphatic imine (C=N–C) groups is 2. The molecule has 0 unspecified atom stereocenters. The third kappa shape index (κ3) is 8.96. The lowest BCUT2D eigenvalue weighted by molar-refractivity contribution is 0.568. The van der Waals surface area contributed by atoms with Crippen LogP contribution < -0.4 is 0 Å². The Morgan fingerprint density at radius 3 is 1.20 bits per heavy atom. The smallest absolute Gasteiger partial charge is 0.160 e. The minimum Gasteiger partial charge on any atom is -0.233 e. The van der Waals surface area contributed by atoms with Gasteiger partial charge in [-0.3, -0.25) is 0 Å². The van der Waals surface area contributed by atoms with Crippen molar-refractivity contribution < 1.29 is 0 Å². The Morgan fingerprint density at radius 1 is 0.522 bits per heavy atom. The zero-order valence-corrected chi connectivity index (χ0v) is 32.3. The fourth-order valence-electron chi connectivity index (χ4n) is 5.95. The average molecular weight is 619 g/mol. The zero-order chi connectivity index (χ0) is 35.2. The summed E-state index contributed by atoms with van der Waals surface area (Å²) in [4.78, 5) is 10.6. The van der Waals surface area contributed by atoms with Crippen LogP contribution in [0.4, 0.5) is 0 Å². The van der Waals surface area contributed by atoms with Gasteiger partial charge in [0.25, 0.3) is 0 Å². The van der Waals surface area contributed by atoms with Gasteiger partial charge in [0.15, 0.2) is 5.84 Å². The summed E-state index contributed by atoms with van der Waals surface area (Å²) in [6.45, 7) is 42.9. The van der Waals surface area contributed by atoms with Crippen molar-refractivity contribution in [2.45, 2.75) is 145 Å². The van der Waals surface area contributed by atoms with Crippen LogP contribution in [-0.2, 0) is 21.7 Å². The van der Waals surface area contributed by atoms with Crippen molar-refractivity contribution >= 4 is 17.2 Å². The summed E-state index contributed by atoms with van der Waals surface area (Å²) in [5, 5.41) is 0. The highest BCUT2D eigenvalue weighted by atomic mass is 14.9. The van der Waals surface area contributed by atoms with Crippen molar-refractivity contribution in [3.63, 3.8) is 0 Å². The number of amidine groups is 1. The lowest BCUT2D eigenvalue weighted by Crippen LogP contribution is -2.18. The first-order valence-electron chi connectivity index (χ1n) is 17.1. The van der Waals surface area contributed by atoms with Crippen molar-refractivity contribution in [3.05, 3.63) is 111 Å². The van der Waals surface area contributed by atoms with Gasteiger partial charge in [0, 0.05) is 16.8 Å². The molecule has 0 spiro atoms. The quantitative estimate of drug-likeness (QED) is 0.201. The van der Waals surface area contributed by atoms with Crippen LogP contribution in [0.15, 0.2) is 65.1 Å². The molecule has 0 saturated heterocycles. The largest absolute Gasteiger partial charge is 0.233 e. The molecule has 0 atom stereocenters. The number of benzene rings is 3. The Kier molecular flexibility index (Phi) is 10.6. The fraction of sp³-hybridized carbons (Fsp3) is 0.500. The van der Waals surface area contributed by atoms with Gasteiger partial charge in [-0.15, -0.1) is 0 Å². The molecule has 3 aromatic carbocycles. The molecule has 0 aliphatic rings. The number of hydrogen-bond acceptors (Lipinski definition) is 1. The van der Waals surface area contributed by atoms with Gasteiger partial charge in [-0.1, -0.05) is 116 Å². The van der Waals surface area contributed by atoms with E-state index < -0.39 is 0 Å². The van der Waals surface area contributed by atoms with Gasteiger partial charge in [-0.25, -0.2) is 9.98 Å². The molecule has 0 fully saturated rings. The minimum atomic E-state index is -0.0273. The zero-order valence-electron chi connectivity index (χ0n) is 32.3. The maximum Gasteiger partial charge on any atom is 0.160 e. The van der Waals surface area contributed by atoms with Crippen LogP contribution in [0.25, 0.3) is 5.70 Å². The van der Waals surface area contributed by atoms with Gasteiger partial charge in [0.2, 0.25) is 0 Å². The molecule has 0 N–H and O–H groups in total. The topological polar surface area (TPSA) is 24.7 Å². The van der Waals surface area contributed by atoms with Crippen LogP contribution in [-0.4, -0.2) is 11.5 Å². The molecule has 2 nitrogen and oxygen atoms in total. The van der Waals surface area contributed by atoms with E-state index in [2.05, 4.69) is 173 Å². The fourth-order valence-corrected chi connectivity index (χ4v) is 5.95. The van der Waals surface area contributed by atoms with E-state index in [1.54, 1.807) is 0 Å². The van der Waals surface area contributed by atoms with Crippen molar-refractivity contribution in [1.29, 1.82) is 0 Å². The Hall–Kier alpha value is -3.26. The molecule has 0 aromatic heterocycles. The molecule has 0 bridgehead atoms. The van der Waals surface area contributed by atoms with Crippen LogP contribution in [0.1, 0.15) is 165 Å². The summed E-state index contributed by atoms with van der Waals surface area (Å²) in [7, 11) is 0. The lowest BCUT2D eigenvalue weighted by Gasteiger charge is -2.27. The van der Waals surface area contributed by atoms with Crippen molar-refractivity contribution in [3.8, 4) is 0 Å². The summed E-state index contributed by atoms with van der Waals surface area (Å²) in [6, 6.07) is 18.3. The van der Waals surface area contributed by atoms with Crippen LogP contribution in [0.3, 0.4) is 0 Å². The minimum absolute atomic E-state index is 0.00189. The second kappa shape index (κ2) is 13.1. The Labute approximate surface area is 282 Å². The highest BCUT2D eigenvalue weighted by molar-refractivity contribution is 6.13. The molecule has 46 heavy (non-hydrogen) atoms. The second-order valence-electron chi connectivity index (χ2n) is 17.9. The van der Waals surface area contributed by atoms with E-state index in [0.717, 1.165) is 28.1 Å². The van der Waals surface area contributed by atoms with Gasteiger partial charge < -0.3 is 0 Å². The number of aryl methyl sites for hydroxylation is 2. The summed E-state index contributed by atoms with van der Waals surface area (Å²) >= 11 is 0. The van der Waals surface area contributed by atoms with E-state index in [0.29, 0.717) is 11.8 Å². The molecule has 0 heterocycles. The molecule has 248 valence electrons. The van der Waals surface area contributed by atoms with E-state index in [1.807, 2.05) is 0 Å². The molecular formula is C44H62N2. The number of nitrogens with zero attached hydrogens (tertiary/aromatic N) is 2. The van der Waals surface area contributed by atoms with Gasteiger partial charge in [0.05, 0.1) is 5.70 Å². The first-order valence-corrected chi connectivity index (χ1v) is 17.1. The molecule has 0 amide bonds. The molecule has 3 aromatic rings. The molecule has 0 radical (unpaired) electrons. The molecule has 0 aliphatic carbocycles. The van der Waals surface area contributed by atoms with E-state index in [-0.39, 0.29) is 21.7 Å². The number of rotatable bonds is 5. The van der Waals surface area contributed by atoms with E-state index >= 15 is 0 Å². The highest BCUT2D eigenvalue weighted by Crippen LogP contribution is 2.34. The maximum absolute atomic E-state index is 5.33. The summed E-state index contributed by atoms with van der Waals surface area (Å²) < 4.78 is 0. The summed E-state index contributed by atoms with van der Waals surface area (Å²) in [5.41, 5.74) is 14.0. The Morgan fingerprint density at radius 2 is 0.870 bits per heavy atom. The SMILES string of the molecule is C=C(/N=C(\N=C(/C)c1cc(C)c(C(C)C)c(C)c1)c1cc(C(C)(C)C)cc(C(C)(C)C)c1)c1cc(C(C)(C)C)cc(C(C)(C)C)c1. The molecule has 3 rings (SSSR count). The van der Waals surface area contributed by atoms with E-state index in [1.165, 1.54) is 38.9 Å². The van der Waals surface area contributed by atoms with Crippen molar-refractivity contribution in [1.82, 2.24) is 0 Å². The van der Waals surface area contributed by atoms with Gasteiger partial charge in [-0.2, -0.15) is 0 Å². The lowest BCUT2D eigenvalue weighted by atomic mass is 9.79. The van der Waals surface area contributed by atoms with Crippen molar-refractivity contribution in [2.75, 3.05) is 0 Å². The Bertz CT molecular complexity index is 1580. The standard InChI is InChI=1S/C44H62N2/c1-27(2)39-28(3)19-32(20-29(39)4)30(5)45-40(34-23-37(43(13,14)15)26-38(24-34)44(16,17)18)46-31(6)33-21-35(41(7,8)9)25-36(22-33)42(10,11)12/h19-27H,6H2,1-5,7-18H3/b45-30+,46-40-. The summed E-state index contributed by atoms with van der Waals surface area (Å²) in [5.74, 6) is 1.17. The predicted octanol–water partition coefficient (Wildman–Crippen LogP) is 12.5. The molecular weight excluding hydrogens is 556 g/mol. The maximum atomic E-state index is 5.33. The van der Waals surface area contributed by atoms with E-state index in [9.17, 15) is 0 Å². The molecule has 2 heteroatoms. The summed E-state index contributed by atoms with van der Waals surface area (Å²) in [6.07, 6.45) is 0. The number of hydrogen-bond donors (Lipinski definition) is 0. The third-order valence-electron chi connectivity index (χ3n) is 9.02. The molecule has 0 aliphatic heterocycles. The van der Waals surface area contributed by atoms with Crippen LogP contribution >= 0.6 is 0 Å². The van der Waals surface area contributed by atoms with Crippen molar-refractivity contribution in [2.24, 2.45) is 9.98 Å². The van der Waals surface area contributed by atoms with Gasteiger partial charge >= 0.3 is 0 Å². The van der Waals surface area contributed by atoms with Gasteiger partial charge in [-0.05, 0) is 129 Å².